The second-order valence-electron chi connectivity index (χ2n) is 6.19. The van der Waals surface area contributed by atoms with Crippen molar-refractivity contribution < 1.29 is 14.4 Å². The molecular formula is C20H20N2O3. The number of fused-ring (bicyclic) bond motifs is 1. The summed E-state index contributed by atoms with van der Waals surface area (Å²) in [6, 6.07) is 12.7. The van der Waals surface area contributed by atoms with Gasteiger partial charge in [-0.05, 0) is 49.2 Å². The fraction of sp³-hybridized carbons (Fsp3) is 0.250. The molecule has 1 aliphatic heterocycles. The Morgan fingerprint density at radius 3 is 2.76 bits per heavy atom. The van der Waals surface area contributed by atoms with Gasteiger partial charge in [0.15, 0.2) is 5.78 Å². The van der Waals surface area contributed by atoms with Crippen molar-refractivity contribution in [3.63, 3.8) is 0 Å². The summed E-state index contributed by atoms with van der Waals surface area (Å²) < 4.78 is 0. The molecule has 0 fully saturated rings. The highest BCUT2D eigenvalue weighted by atomic mass is 16.2. The molecule has 5 heteroatoms. The minimum Gasteiger partial charge on any atom is -0.352 e. The summed E-state index contributed by atoms with van der Waals surface area (Å²) in [6.07, 6.45) is 1.82. The summed E-state index contributed by atoms with van der Waals surface area (Å²) in [5, 5.41) is 2.78. The molecule has 2 amide bonds. The SMILES string of the molecule is Cc1cccc(C(=O)NCCC(=O)c2ccc3c(c2)CCN3C=O)c1. The van der Waals surface area contributed by atoms with E-state index < -0.39 is 0 Å². The molecule has 0 atom stereocenters. The van der Waals surface area contributed by atoms with Crippen molar-refractivity contribution >= 4 is 23.8 Å². The number of Topliss-reactive ketones (excluding diaryl/α,β-unsaturated/α-hetero) is 1. The number of hydrogen-bond donors (Lipinski definition) is 1. The van der Waals surface area contributed by atoms with Crippen LogP contribution in [0.1, 0.15) is 38.3 Å². The van der Waals surface area contributed by atoms with E-state index in [1.54, 1.807) is 17.0 Å². The fourth-order valence-corrected chi connectivity index (χ4v) is 3.03. The minimum atomic E-state index is -0.174. The van der Waals surface area contributed by atoms with Crippen LogP contribution in [0.2, 0.25) is 0 Å². The van der Waals surface area contributed by atoms with Gasteiger partial charge in [0.25, 0.3) is 5.91 Å². The van der Waals surface area contributed by atoms with Crippen molar-refractivity contribution in [2.24, 2.45) is 0 Å². The van der Waals surface area contributed by atoms with Crippen LogP contribution in [0.25, 0.3) is 0 Å². The molecule has 1 aliphatic rings. The van der Waals surface area contributed by atoms with Gasteiger partial charge in [0, 0.05) is 36.3 Å². The van der Waals surface area contributed by atoms with Crippen LogP contribution < -0.4 is 10.2 Å². The lowest BCUT2D eigenvalue weighted by Gasteiger charge is -2.10. The zero-order valence-electron chi connectivity index (χ0n) is 14.1. The van der Waals surface area contributed by atoms with Crippen LogP contribution in [-0.2, 0) is 11.2 Å². The Kier molecular flexibility index (Phi) is 4.93. The normalized spacial score (nSPS) is 12.6. The van der Waals surface area contributed by atoms with Crippen LogP contribution >= 0.6 is 0 Å². The van der Waals surface area contributed by atoms with Crippen LogP contribution in [0.3, 0.4) is 0 Å². The zero-order chi connectivity index (χ0) is 17.8. The van der Waals surface area contributed by atoms with E-state index in [4.69, 9.17) is 0 Å². The number of anilines is 1. The molecule has 0 saturated heterocycles. The second-order valence-corrected chi connectivity index (χ2v) is 6.19. The molecule has 0 bridgehead atoms. The lowest BCUT2D eigenvalue weighted by Crippen LogP contribution is -2.26. The van der Waals surface area contributed by atoms with Crippen molar-refractivity contribution in [2.75, 3.05) is 18.0 Å². The number of aryl methyl sites for hydroxylation is 1. The first-order chi connectivity index (χ1) is 12.1. The van der Waals surface area contributed by atoms with Gasteiger partial charge < -0.3 is 10.2 Å². The topological polar surface area (TPSA) is 66.5 Å². The lowest BCUT2D eigenvalue weighted by atomic mass is 10.0. The molecule has 0 spiro atoms. The number of carbonyl (C=O) groups excluding carboxylic acids is 3. The molecular weight excluding hydrogens is 316 g/mol. The van der Waals surface area contributed by atoms with E-state index in [0.717, 1.165) is 29.6 Å². The minimum absolute atomic E-state index is 0.0168. The fourth-order valence-electron chi connectivity index (χ4n) is 3.03. The van der Waals surface area contributed by atoms with Crippen molar-refractivity contribution in [1.82, 2.24) is 5.32 Å². The standard InChI is InChI=1S/C20H20N2O3/c1-14-3-2-4-17(11-14)20(25)21-9-7-19(24)16-5-6-18-15(12-16)8-10-22(18)13-23/h2-6,11-13H,7-10H2,1H3,(H,21,25). The molecule has 2 aromatic carbocycles. The summed E-state index contributed by atoms with van der Waals surface area (Å²) in [5.74, 6) is -0.191. The molecule has 25 heavy (non-hydrogen) atoms. The molecule has 3 rings (SSSR count). The Bertz CT molecular complexity index is 829. The molecule has 1 heterocycles. The number of hydrogen-bond acceptors (Lipinski definition) is 3. The average Bonchev–Trinajstić information content (AvgIpc) is 3.03. The monoisotopic (exact) mass is 336 g/mol. The number of carbonyl (C=O) groups is 3. The second kappa shape index (κ2) is 7.30. The third-order valence-corrected chi connectivity index (χ3v) is 4.38. The largest absolute Gasteiger partial charge is 0.352 e. The lowest BCUT2D eigenvalue weighted by molar-refractivity contribution is -0.107. The predicted molar refractivity (Wildman–Crippen MR) is 96.0 cm³/mol. The van der Waals surface area contributed by atoms with E-state index in [9.17, 15) is 14.4 Å². The van der Waals surface area contributed by atoms with Gasteiger partial charge in [0.2, 0.25) is 6.41 Å². The van der Waals surface area contributed by atoms with Crippen LogP contribution in [0.15, 0.2) is 42.5 Å². The third kappa shape index (κ3) is 3.76. The molecule has 0 aromatic heterocycles. The number of nitrogens with zero attached hydrogens (tertiary/aromatic N) is 1. The first-order valence-electron chi connectivity index (χ1n) is 8.31. The van der Waals surface area contributed by atoms with Gasteiger partial charge in [-0.25, -0.2) is 0 Å². The Morgan fingerprint density at radius 2 is 2.00 bits per heavy atom. The highest BCUT2D eigenvalue weighted by Crippen LogP contribution is 2.27. The Hall–Kier alpha value is -2.95. The highest BCUT2D eigenvalue weighted by molar-refractivity contribution is 5.98. The number of benzene rings is 2. The van der Waals surface area contributed by atoms with Crippen molar-refractivity contribution in [1.29, 1.82) is 0 Å². The van der Waals surface area contributed by atoms with Gasteiger partial charge in [-0.2, -0.15) is 0 Å². The first-order valence-corrected chi connectivity index (χ1v) is 8.31. The summed E-state index contributed by atoms with van der Waals surface area (Å²) in [6.45, 7) is 2.88. The van der Waals surface area contributed by atoms with Crippen molar-refractivity contribution in [2.45, 2.75) is 19.8 Å². The quantitative estimate of drug-likeness (QED) is 0.651. The maximum atomic E-state index is 12.3. The third-order valence-electron chi connectivity index (χ3n) is 4.38. The summed E-state index contributed by atoms with van der Waals surface area (Å²) in [7, 11) is 0. The Labute approximate surface area is 146 Å². The Balaban J connectivity index is 1.56. The summed E-state index contributed by atoms with van der Waals surface area (Å²) >= 11 is 0. The molecule has 0 radical (unpaired) electrons. The number of nitrogens with one attached hydrogen (secondary N) is 1. The molecule has 1 N–H and O–H groups in total. The van der Waals surface area contributed by atoms with E-state index in [-0.39, 0.29) is 18.1 Å². The van der Waals surface area contributed by atoms with E-state index >= 15 is 0 Å². The summed E-state index contributed by atoms with van der Waals surface area (Å²) in [5.41, 5.74) is 4.13. The van der Waals surface area contributed by atoms with Crippen LogP contribution in [0.4, 0.5) is 5.69 Å². The summed E-state index contributed by atoms with van der Waals surface area (Å²) in [4.78, 5) is 37.0. The molecule has 0 saturated carbocycles. The van der Waals surface area contributed by atoms with E-state index in [0.29, 0.717) is 24.2 Å². The van der Waals surface area contributed by atoms with Crippen molar-refractivity contribution in [3.05, 3.63) is 64.7 Å². The molecule has 0 aliphatic carbocycles. The molecule has 2 aromatic rings. The van der Waals surface area contributed by atoms with Gasteiger partial charge in [-0.3, -0.25) is 14.4 Å². The van der Waals surface area contributed by atoms with Crippen LogP contribution in [0.5, 0.6) is 0 Å². The van der Waals surface area contributed by atoms with E-state index in [2.05, 4.69) is 5.32 Å². The van der Waals surface area contributed by atoms with E-state index in [1.165, 1.54) is 0 Å². The number of rotatable bonds is 6. The molecule has 128 valence electrons. The maximum Gasteiger partial charge on any atom is 0.251 e. The van der Waals surface area contributed by atoms with Gasteiger partial charge >= 0.3 is 0 Å². The van der Waals surface area contributed by atoms with Crippen LogP contribution in [-0.4, -0.2) is 31.2 Å². The van der Waals surface area contributed by atoms with Gasteiger partial charge in [0.05, 0.1) is 0 Å². The first kappa shape index (κ1) is 16.9. The molecule has 0 unspecified atom stereocenters. The average molecular weight is 336 g/mol. The number of ketones is 1. The number of amides is 2. The van der Waals surface area contributed by atoms with Gasteiger partial charge in [-0.1, -0.05) is 17.7 Å². The molecule has 5 nitrogen and oxygen atoms in total. The van der Waals surface area contributed by atoms with Crippen LogP contribution in [0, 0.1) is 6.92 Å². The smallest absolute Gasteiger partial charge is 0.251 e. The predicted octanol–water partition coefficient (Wildman–Crippen LogP) is 2.52. The van der Waals surface area contributed by atoms with Gasteiger partial charge in [0.1, 0.15) is 0 Å². The van der Waals surface area contributed by atoms with Crippen molar-refractivity contribution in [3.8, 4) is 0 Å². The zero-order valence-corrected chi connectivity index (χ0v) is 14.1. The maximum absolute atomic E-state index is 12.3. The Morgan fingerprint density at radius 1 is 1.16 bits per heavy atom. The highest BCUT2D eigenvalue weighted by Gasteiger charge is 2.19. The van der Waals surface area contributed by atoms with E-state index in [1.807, 2.05) is 37.3 Å². The van der Waals surface area contributed by atoms with Gasteiger partial charge in [-0.15, -0.1) is 0 Å².